The van der Waals surface area contributed by atoms with E-state index >= 15 is 0 Å². The molecule has 3 atom stereocenters. The summed E-state index contributed by atoms with van der Waals surface area (Å²) in [6, 6.07) is 16.9. The van der Waals surface area contributed by atoms with Crippen LogP contribution in [-0.2, 0) is 6.42 Å². The molecule has 0 aromatic heterocycles. The number of likely N-dealkylation sites (tertiary alicyclic amines) is 1. The molecule has 1 aliphatic heterocycles. The van der Waals surface area contributed by atoms with E-state index in [2.05, 4.69) is 51.2 Å². The molecule has 0 radical (unpaired) electrons. The number of halogens is 1. The van der Waals surface area contributed by atoms with Crippen LogP contribution in [0.5, 0.6) is 5.75 Å². The van der Waals surface area contributed by atoms with Gasteiger partial charge < -0.3 is 10.5 Å². The van der Waals surface area contributed by atoms with E-state index in [1.165, 1.54) is 11.1 Å². The average molecular weight is 426 g/mol. The number of hydrogen-bond acceptors (Lipinski definition) is 4. The van der Waals surface area contributed by atoms with Crippen molar-refractivity contribution in [3.05, 3.63) is 63.6 Å². The summed E-state index contributed by atoms with van der Waals surface area (Å²) in [7, 11) is 0. The van der Waals surface area contributed by atoms with E-state index < -0.39 is 0 Å². The zero-order valence-electron chi connectivity index (χ0n) is 15.3. The van der Waals surface area contributed by atoms with Crippen LogP contribution in [0.1, 0.15) is 42.1 Å². The molecule has 2 N–H and O–H groups in total. The molecule has 1 saturated heterocycles. The highest BCUT2D eigenvalue weighted by Crippen LogP contribution is 2.38. The van der Waals surface area contributed by atoms with Crippen molar-refractivity contribution >= 4 is 15.9 Å². The van der Waals surface area contributed by atoms with Crippen molar-refractivity contribution < 1.29 is 4.74 Å². The molecule has 2 aromatic carbocycles. The highest BCUT2D eigenvalue weighted by molar-refractivity contribution is 9.10. The zero-order valence-corrected chi connectivity index (χ0v) is 16.9. The Kier molecular flexibility index (Phi) is 5.49. The summed E-state index contributed by atoms with van der Waals surface area (Å²) in [5.41, 5.74) is 9.39. The Morgan fingerprint density at radius 1 is 1.19 bits per heavy atom. The largest absolute Gasteiger partial charge is 0.483 e. The maximum Gasteiger partial charge on any atom is 0.139 e. The normalized spacial score (nSPS) is 25.4. The van der Waals surface area contributed by atoms with E-state index in [4.69, 9.17) is 10.5 Å². The van der Waals surface area contributed by atoms with Crippen molar-refractivity contribution in [1.29, 1.82) is 5.26 Å². The monoisotopic (exact) mass is 425 g/mol. The summed E-state index contributed by atoms with van der Waals surface area (Å²) in [4.78, 5) is 2.50. The molecule has 140 valence electrons. The first kappa shape index (κ1) is 18.5. The summed E-state index contributed by atoms with van der Waals surface area (Å²) in [6.07, 6.45) is 4.24. The molecule has 2 aliphatic rings. The van der Waals surface area contributed by atoms with Gasteiger partial charge in [0.15, 0.2) is 0 Å². The lowest BCUT2D eigenvalue weighted by atomic mass is 9.84. The average Bonchev–Trinajstić information content (AvgIpc) is 2.69. The van der Waals surface area contributed by atoms with Gasteiger partial charge in [0.1, 0.15) is 17.9 Å². The number of piperidine rings is 1. The van der Waals surface area contributed by atoms with Gasteiger partial charge in [0.25, 0.3) is 0 Å². The van der Waals surface area contributed by atoms with Crippen LogP contribution in [0.15, 0.2) is 46.9 Å². The van der Waals surface area contributed by atoms with E-state index in [-0.39, 0.29) is 18.2 Å². The van der Waals surface area contributed by atoms with Crippen molar-refractivity contribution in [2.75, 3.05) is 13.1 Å². The Morgan fingerprint density at radius 2 is 2.04 bits per heavy atom. The molecule has 0 spiro atoms. The van der Waals surface area contributed by atoms with E-state index in [0.717, 1.165) is 43.2 Å². The van der Waals surface area contributed by atoms with Crippen LogP contribution in [0.4, 0.5) is 0 Å². The Bertz CT molecular complexity index is 863. The molecule has 1 aliphatic carbocycles. The van der Waals surface area contributed by atoms with Crippen LogP contribution in [-0.4, -0.2) is 30.1 Å². The number of nitriles is 1. The molecular formula is C22H24BrN3O. The molecule has 4 nitrogen and oxygen atoms in total. The maximum atomic E-state index is 9.54. The molecule has 27 heavy (non-hydrogen) atoms. The van der Waals surface area contributed by atoms with Crippen molar-refractivity contribution in [2.24, 2.45) is 5.73 Å². The van der Waals surface area contributed by atoms with Gasteiger partial charge in [0.2, 0.25) is 0 Å². The molecule has 0 saturated carbocycles. The van der Waals surface area contributed by atoms with Gasteiger partial charge in [-0.25, -0.2) is 0 Å². The number of fused-ring (bicyclic) bond motifs is 1. The number of ether oxygens (including phenoxy) is 1. The predicted molar refractivity (Wildman–Crippen MR) is 110 cm³/mol. The number of rotatable bonds is 3. The van der Waals surface area contributed by atoms with Crippen LogP contribution in [0, 0.1) is 11.3 Å². The molecule has 0 bridgehead atoms. The van der Waals surface area contributed by atoms with Gasteiger partial charge >= 0.3 is 0 Å². The second kappa shape index (κ2) is 8.02. The van der Waals surface area contributed by atoms with Crippen molar-refractivity contribution in [3.8, 4) is 11.8 Å². The van der Waals surface area contributed by atoms with Crippen LogP contribution in [0.25, 0.3) is 0 Å². The first-order valence-corrected chi connectivity index (χ1v) is 10.4. The standard InChI is InChI=1S/C22H24BrN3O/c23-17-8-10-21(16(12-17)13-24)27-22-19-6-2-1-4-15(19)7-9-20(22)26-11-3-5-18(25)14-26/h1-2,4,6,8,10,12,18,20,22H,3,5,7,9,11,14,25H2/t18-,20-,22-/m0/s1. The number of nitrogens with zero attached hydrogens (tertiary/aromatic N) is 2. The highest BCUT2D eigenvalue weighted by atomic mass is 79.9. The van der Waals surface area contributed by atoms with Gasteiger partial charge in [-0.1, -0.05) is 40.2 Å². The second-order valence-electron chi connectivity index (χ2n) is 7.49. The topological polar surface area (TPSA) is 62.3 Å². The summed E-state index contributed by atoms with van der Waals surface area (Å²) in [6.45, 7) is 1.98. The maximum absolute atomic E-state index is 9.54. The third-order valence-corrected chi connectivity index (χ3v) is 6.19. The van der Waals surface area contributed by atoms with Gasteiger partial charge in [-0.3, -0.25) is 4.90 Å². The second-order valence-corrected chi connectivity index (χ2v) is 8.41. The van der Waals surface area contributed by atoms with Crippen LogP contribution in [0.2, 0.25) is 0 Å². The van der Waals surface area contributed by atoms with Crippen molar-refractivity contribution in [2.45, 2.75) is 43.9 Å². The fraction of sp³-hybridized carbons (Fsp3) is 0.409. The van der Waals surface area contributed by atoms with Crippen molar-refractivity contribution in [3.63, 3.8) is 0 Å². The zero-order chi connectivity index (χ0) is 18.8. The number of nitrogens with two attached hydrogens (primary N) is 1. The molecular weight excluding hydrogens is 402 g/mol. The van der Waals surface area contributed by atoms with E-state index in [9.17, 15) is 5.26 Å². The predicted octanol–water partition coefficient (Wildman–Crippen LogP) is 4.18. The Balaban J connectivity index is 1.69. The van der Waals surface area contributed by atoms with Gasteiger partial charge in [-0.2, -0.15) is 5.26 Å². The van der Waals surface area contributed by atoms with Gasteiger partial charge in [0, 0.05) is 17.1 Å². The smallest absolute Gasteiger partial charge is 0.139 e. The van der Waals surface area contributed by atoms with Crippen LogP contribution < -0.4 is 10.5 Å². The Labute approximate surface area is 169 Å². The minimum atomic E-state index is -0.0893. The molecule has 2 aromatic rings. The third kappa shape index (κ3) is 3.89. The summed E-state index contributed by atoms with van der Waals surface area (Å²) >= 11 is 3.44. The first-order valence-electron chi connectivity index (χ1n) is 9.59. The number of aryl methyl sites for hydroxylation is 1. The molecule has 0 amide bonds. The fourth-order valence-corrected chi connectivity index (χ4v) is 4.75. The molecule has 4 rings (SSSR count). The number of hydrogen-bond donors (Lipinski definition) is 1. The molecule has 1 fully saturated rings. The molecule has 0 unspecified atom stereocenters. The van der Waals surface area contributed by atoms with Gasteiger partial charge in [0.05, 0.1) is 11.6 Å². The highest BCUT2D eigenvalue weighted by Gasteiger charge is 2.37. The van der Waals surface area contributed by atoms with E-state index in [1.54, 1.807) is 0 Å². The Hall–Kier alpha value is -1.87. The lowest BCUT2D eigenvalue weighted by Crippen LogP contribution is -2.51. The van der Waals surface area contributed by atoms with Gasteiger partial charge in [-0.05, 0) is 61.6 Å². The van der Waals surface area contributed by atoms with Crippen LogP contribution >= 0.6 is 15.9 Å². The van der Waals surface area contributed by atoms with Crippen LogP contribution in [0.3, 0.4) is 0 Å². The van der Waals surface area contributed by atoms with Gasteiger partial charge in [-0.15, -0.1) is 0 Å². The molecule has 1 heterocycles. The minimum Gasteiger partial charge on any atom is -0.483 e. The van der Waals surface area contributed by atoms with E-state index in [0.29, 0.717) is 11.3 Å². The third-order valence-electron chi connectivity index (χ3n) is 5.69. The molecule has 5 heteroatoms. The van der Waals surface area contributed by atoms with Crippen molar-refractivity contribution in [1.82, 2.24) is 4.90 Å². The SMILES string of the molecule is N#Cc1cc(Br)ccc1O[C@H]1c2ccccc2CC[C@@H]1N1CCC[C@H](N)C1. The Morgan fingerprint density at radius 3 is 2.85 bits per heavy atom. The quantitative estimate of drug-likeness (QED) is 0.800. The number of benzene rings is 2. The minimum absolute atomic E-state index is 0.0893. The lowest BCUT2D eigenvalue weighted by molar-refractivity contribution is 0.0366. The first-order chi connectivity index (χ1) is 13.2. The summed E-state index contributed by atoms with van der Waals surface area (Å²) in [5, 5.41) is 9.54. The van der Waals surface area contributed by atoms with E-state index in [1.807, 2.05) is 18.2 Å². The lowest BCUT2D eigenvalue weighted by Gasteiger charge is -2.43. The summed E-state index contributed by atoms with van der Waals surface area (Å²) in [5.74, 6) is 0.647. The summed E-state index contributed by atoms with van der Waals surface area (Å²) < 4.78 is 7.42. The fourth-order valence-electron chi connectivity index (χ4n) is 4.39.